The lowest BCUT2D eigenvalue weighted by atomic mass is 9.95. The van der Waals surface area contributed by atoms with Gasteiger partial charge in [0.05, 0.1) is 13.2 Å². The largest absolute Gasteiger partial charge is 0.394 e. The molecule has 0 spiro atoms. The molecule has 15 nitrogen and oxygen atoms in total. The van der Waals surface area contributed by atoms with Crippen molar-refractivity contribution in [3.63, 3.8) is 0 Å². The van der Waals surface area contributed by atoms with Crippen LogP contribution in [0.25, 0.3) is 10.4 Å². The van der Waals surface area contributed by atoms with Gasteiger partial charge in [-0.3, -0.25) is 4.79 Å². The number of nitrogens with zero attached hydrogens (tertiary/aromatic N) is 3. The number of amides is 1. The Balaban J connectivity index is 2.22. The van der Waals surface area contributed by atoms with Gasteiger partial charge in [-0.15, -0.1) is 0 Å². The Bertz CT molecular complexity index is 650. The fourth-order valence-corrected chi connectivity index (χ4v) is 3.47. The van der Waals surface area contributed by atoms with Crippen LogP contribution in [0.3, 0.4) is 0 Å². The standard InChI is InChI=1S/C17H30N4O11/c1-7(24)20-10-15(32-17-14(28)13(27)11(25)8(5-22)31-17)12(26)9(6-23)30-16(10)29-4-2-3-19-21-18/h8-17,22-23,25-28H,2-6H2,1H3,(H,20,24)/t8-,9-,10-,11+,12-,13+,14-,15-,16-,17+/m1/s1. The van der Waals surface area contributed by atoms with Gasteiger partial charge in [0.1, 0.15) is 48.8 Å². The molecule has 2 saturated heterocycles. The number of hydrogen-bond acceptors (Lipinski definition) is 12. The maximum atomic E-state index is 11.8. The lowest BCUT2D eigenvalue weighted by molar-refractivity contribution is -0.344. The first-order valence-corrected chi connectivity index (χ1v) is 10.0. The average Bonchev–Trinajstić information content (AvgIpc) is 2.76. The van der Waals surface area contributed by atoms with Crippen molar-refractivity contribution in [3.8, 4) is 0 Å². The second-order valence-electron chi connectivity index (χ2n) is 7.42. The van der Waals surface area contributed by atoms with Crippen LogP contribution in [-0.4, -0.2) is 124 Å². The molecule has 10 atom stereocenters. The number of nitrogens with one attached hydrogen (secondary N) is 1. The van der Waals surface area contributed by atoms with Crippen molar-refractivity contribution >= 4 is 5.91 Å². The van der Waals surface area contributed by atoms with Crippen LogP contribution >= 0.6 is 0 Å². The summed E-state index contributed by atoms with van der Waals surface area (Å²) < 4.78 is 22.1. The summed E-state index contributed by atoms with van der Waals surface area (Å²) in [5, 5.41) is 65.7. The van der Waals surface area contributed by atoms with Gasteiger partial charge in [-0.05, 0) is 12.0 Å². The summed E-state index contributed by atoms with van der Waals surface area (Å²) >= 11 is 0. The van der Waals surface area contributed by atoms with Gasteiger partial charge < -0.3 is 54.9 Å². The maximum Gasteiger partial charge on any atom is 0.217 e. The van der Waals surface area contributed by atoms with Crippen LogP contribution in [-0.2, 0) is 23.7 Å². The van der Waals surface area contributed by atoms with Crippen LogP contribution in [0.1, 0.15) is 13.3 Å². The van der Waals surface area contributed by atoms with Gasteiger partial charge in [-0.25, -0.2) is 0 Å². The van der Waals surface area contributed by atoms with Gasteiger partial charge in [0.25, 0.3) is 0 Å². The zero-order valence-corrected chi connectivity index (χ0v) is 17.4. The number of carbonyl (C=O) groups is 1. The van der Waals surface area contributed by atoms with Gasteiger partial charge in [0, 0.05) is 25.0 Å². The fourth-order valence-electron chi connectivity index (χ4n) is 3.47. The third kappa shape index (κ3) is 6.46. The van der Waals surface area contributed by atoms with Crippen molar-refractivity contribution in [2.24, 2.45) is 5.11 Å². The predicted molar refractivity (Wildman–Crippen MR) is 103 cm³/mol. The SMILES string of the molecule is CC(=O)N[C@H]1[C@H](OCCCN=[N+]=[N-])O[C@H](CO)[C@@H](O)[C@@H]1O[C@@H]1O[C@H](CO)[C@H](O)[C@H](O)[C@H]1O. The van der Waals surface area contributed by atoms with Crippen molar-refractivity contribution in [1.82, 2.24) is 5.32 Å². The quantitative estimate of drug-likeness (QED) is 0.0720. The lowest BCUT2D eigenvalue weighted by Crippen LogP contribution is -2.68. The number of rotatable bonds is 10. The van der Waals surface area contributed by atoms with Crippen molar-refractivity contribution in [2.75, 3.05) is 26.4 Å². The Morgan fingerprint density at radius 2 is 1.66 bits per heavy atom. The van der Waals surface area contributed by atoms with Gasteiger partial charge in [-0.1, -0.05) is 5.11 Å². The highest BCUT2D eigenvalue weighted by Crippen LogP contribution is 2.29. The second-order valence-corrected chi connectivity index (χ2v) is 7.42. The normalized spacial score (nSPS) is 39.8. The van der Waals surface area contributed by atoms with E-state index in [4.69, 9.17) is 24.5 Å². The molecule has 0 saturated carbocycles. The Hall–Kier alpha value is -1.62. The first-order valence-electron chi connectivity index (χ1n) is 10.0. The van der Waals surface area contributed by atoms with E-state index < -0.39 is 80.5 Å². The van der Waals surface area contributed by atoms with Crippen molar-refractivity contribution in [2.45, 2.75) is 74.7 Å². The minimum atomic E-state index is -1.75. The molecule has 0 aliphatic carbocycles. The molecule has 15 heteroatoms. The smallest absolute Gasteiger partial charge is 0.217 e. The third-order valence-corrected chi connectivity index (χ3v) is 5.11. The molecule has 0 bridgehead atoms. The molecular formula is C17H30N4O11. The molecule has 0 aromatic rings. The van der Waals surface area contributed by atoms with Gasteiger partial charge in [0.2, 0.25) is 5.91 Å². The van der Waals surface area contributed by atoms with E-state index in [-0.39, 0.29) is 13.2 Å². The van der Waals surface area contributed by atoms with Crippen LogP contribution < -0.4 is 5.32 Å². The molecule has 2 heterocycles. The van der Waals surface area contributed by atoms with E-state index in [1.165, 1.54) is 6.92 Å². The van der Waals surface area contributed by atoms with Crippen LogP contribution in [0.4, 0.5) is 0 Å². The predicted octanol–water partition coefficient (Wildman–Crippen LogP) is -3.53. The van der Waals surface area contributed by atoms with E-state index in [1.54, 1.807) is 0 Å². The molecule has 7 N–H and O–H groups in total. The molecule has 2 aliphatic rings. The minimum Gasteiger partial charge on any atom is -0.394 e. The highest BCUT2D eigenvalue weighted by Gasteiger charge is 2.51. The average molecular weight is 466 g/mol. The van der Waals surface area contributed by atoms with Gasteiger partial charge >= 0.3 is 0 Å². The molecule has 32 heavy (non-hydrogen) atoms. The zero-order chi connectivity index (χ0) is 23.8. The van der Waals surface area contributed by atoms with Crippen LogP contribution in [0.5, 0.6) is 0 Å². The third-order valence-electron chi connectivity index (χ3n) is 5.11. The Morgan fingerprint density at radius 1 is 1.03 bits per heavy atom. The Kier molecular flexibility index (Phi) is 10.5. The van der Waals surface area contributed by atoms with Gasteiger partial charge in [0.15, 0.2) is 12.6 Å². The van der Waals surface area contributed by atoms with Crippen LogP contribution in [0.15, 0.2) is 5.11 Å². The zero-order valence-electron chi connectivity index (χ0n) is 17.4. The highest BCUT2D eigenvalue weighted by molar-refractivity contribution is 5.73. The Labute approximate surface area is 183 Å². The molecule has 0 unspecified atom stereocenters. The maximum absolute atomic E-state index is 11.8. The topological polar surface area (TPSA) is 236 Å². The van der Waals surface area contributed by atoms with E-state index in [0.29, 0.717) is 6.42 Å². The molecule has 2 fully saturated rings. The van der Waals surface area contributed by atoms with E-state index in [2.05, 4.69) is 15.3 Å². The monoisotopic (exact) mass is 466 g/mol. The number of aliphatic hydroxyl groups is 6. The summed E-state index contributed by atoms with van der Waals surface area (Å²) in [4.78, 5) is 14.4. The molecule has 0 aromatic carbocycles. The van der Waals surface area contributed by atoms with E-state index in [0.717, 1.165) is 0 Å². The minimum absolute atomic E-state index is 0.0424. The fraction of sp³-hybridized carbons (Fsp3) is 0.941. The summed E-state index contributed by atoms with van der Waals surface area (Å²) in [6.07, 6.45) is -12.9. The van der Waals surface area contributed by atoms with Gasteiger partial charge in [-0.2, -0.15) is 0 Å². The van der Waals surface area contributed by atoms with Crippen LogP contribution in [0.2, 0.25) is 0 Å². The molecule has 1 amide bonds. The van der Waals surface area contributed by atoms with Crippen molar-refractivity contribution < 1.29 is 54.4 Å². The van der Waals surface area contributed by atoms with E-state index >= 15 is 0 Å². The van der Waals surface area contributed by atoms with Crippen LogP contribution in [0, 0.1) is 0 Å². The molecule has 0 aromatic heterocycles. The number of ether oxygens (including phenoxy) is 4. The van der Waals surface area contributed by atoms with Crippen molar-refractivity contribution in [3.05, 3.63) is 10.4 Å². The summed E-state index contributed by atoms with van der Waals surface area (Å²) in [6, 6.07) is -1.14. The Morgan fingerprint density at radius 3 is 2.25 bits per heavy atom. The van der Waals surface area contributed by atoms with E-state index in [1.807, 2.05) is 0 Å². The highest BCUT2D eigenvalue weighted by atomic mass is 16.7. The summed E-state index contributed by atoms with van der Waals surface area (Å²) in [7, 11) is 0. The second kappa shape index (κ2) is 12.6. The first kappa shape index (κ1) is 26.6. The number of azide groups is 1. The molecular weight excluding hydrogens is 436 g/mol. The molecule has 2 aliphatic heterocycles. The van der Waals surface area contributed by atoms with Crippen molar-refractivity contribution in [1.29, 1.82) is 0 Å². The summed E-state index contributed by atoms with van der Waals surface area (Å²) in [5.74, 6) is -0.529. The first-order chi connectivity index (χ1) is 15.2. The summed E-state index contributed by atoms with van der Waals surface area (Å²) in [6.45, 7) is 0.0628. The molecule has 2 rings (SSSR count). The number of hydrogen-bond donors (Lipinski definition) is 7. The lowest BCUT2D eigenvalue weighted by Gasteiger charge is -2.47. The number of aliphatic hydroxyl groups excluding tert-OH is 6. The van der Waals surface area contributed by atoms with E-state index in [9.17, 15) is 35.4 Å². The molecule has 184 valence electrons. The number of carbonyl (C=O) groups excluding carboxylic acids is 1. The summed E-state index contributed by atoms with van der Waals surface area (Å²) in [5.41, 5.74) is 8.33. The molecule has 0 radical (unpaired) electrons.